The molecule has 0 aliphatic heterocycles. The molecule has 13 heteroatoms. The van der Waals surface area contributed by atoms with Crippen molar-refractivity contribution in [3.05, 3.63) is 241 Å². The third-order valence-electron chi connectivity index (χ3n) is 29.1. The summed E-state index contributed by atoms with van der Waals surface area (Å²) in [4.78, 5) is 27.5. The van der Waals surface area contributed by atoms with Crippen LogP contribution in [0.1, 0.15) is 369 Å². The molecule has 0 saturated carbocycles. The molecule has 0 N–H and O–H groups in total. The molecule has 0 saturated heterocycles. The third kappa shape index (κ3) is 20.2. The summed E-state index contributed by atoms with van der Waals surface area (Å²) in [5.74, 6) is 8.13. The van der Waals surface area contributed by atoms with Crippen molar-refractivity contribution in [1.82, 2.24) is 34.1 Å². The number of hydrogen-bond acceptors (Lipinski definition) is 11. The van der Waals surface area contributed by atoms with Gasteiger partial charge in [-0.2, -0.15) is 0 Å². The van der Waals surface area contributed by atoms with E-state index in [4.69, 9.17) is 23.2 Å². The van der Waals surface area contributed by atoms with E-state index in [1.807, 2.05) is 40.9 Å². The van der Waals surface area contributed by atoms with Crippen LogP contribution in [0.4, 0.5) is 0 Å². The summed E-state index contributed by atoms with van der Waals surface area (Å²) in [6.07, 6.45) is 0. The zero-order chi connectivity index (χ0) is 96.3. The summed E-state index contributed by atoms with van der Waals surface area (Å²) < 4.78 is 25.1. The fraction of sp³-hybridized carbons (Fsp3) is 0.487. The highest BCUT2D eigenvalue weighted by Crippen LogP contribution is 2.43. The number of aryl methyl sites for hydroxylation is 18. The summed E-state index contributed by atoms with van der Waals surface area (Å²) in [5, 5.41) is 7.93. The van der Waals surface area contributed by atoms with E-state index in [-0.39, 0.29) is 0 Å². The molecular weight excluding hydrogens is 1620 g/mol. The lowest BCUT2D eigenvalue weighted by atomic mass is 9.95. The molecule has 16 aromatic rings. The van der Waals surface area contributed by atoms with E-state index in [1.54, 1.807) is 0 Å². The molecular formula is C115H157N7O3S3. The molecule has 0 bridgehead atoms. The molecule has 128 heavy (non-hydrogen) atoms. The van der Waals surface area contributed by atoms with E-state index >= 15 is 0 Å². The van der Waals surface area contributed by atoms with Crippen LogP contribution in [0.3, 0.4) is 0 Å². The zero-order valence-corrected chi connectivity index (χ0v) is 90.5. The molecule has 0 fully saturated rings. The highest BCUT2D eigenvalue weighted by Gasteiger charge is 2.24. The Kier molecular flexibility index (Phi) is 32.7. The number of rotatable bonds is 8. The van der Waals surface area contributed by atoms with Crippen LogP contribution in [-0.4, -0.2) is 34.1 Å². The zero-order valence-electron chi connectivity index (χ0n) is 88.1. The van der Waals surface area contributed by atoms with Crippen LogP contribution in [-0.2, 0) is 14.1 Å². The summed E-state index contributed by atoms with van der Waals surface area (Å²) in [6, 6.07) is 11.4. The topological polar surface area (TPSA) is 114 Å². The molecule has 0 amide bonds. The van der Waals surface area contributed by atoms with Gasteiger partial charge in [-0.15, -0.1) is 34.0 Å². The van der Waals surface area contributed by atoms with Crippen LogP contribution in [0.5, 0.6) is 0 Å². The molecule has 0 spiro atoms. The van der Waals surface area contributed by atoms with E-state index in [9.17, 15) is 0 Å². The monoisotopic (exact) mass is 1780 g/mol. The lowest BCUT2D eigenvalue weighted by Gasteiger charge is -2.13. The number of hydrogen-bond donors (Lipinski definition) is 0. The average molecular weight is 1780 g/mol. The largest absolute Gasteiger partial charge is 0.461 e. The first kappa shape index (κ1) is 103. The molecule has 10 aromatic heterocycles. The average Bonchev–Trinajstić information content (AvgIpc) is 1.60. The minimum Gasteiger partial charge on any atom is -0.461 e. The second-order valence-corrected chi connectivity index (χ2v) is 42.9. The number of oxazole rings is 1. The van der Waals surface area contributed by atoms with E-state index in [0.717, 1.165) is 56.6 Å². The maximum absolute atomic E-state index is 5.98. The Morgan fingerprint density at radius 3 is 1.16 bits per heavy atom. The Labute approximate surface area is 782 Å². The van der Waals surface area contributed by atoms with Gasteiger partial charge in [0.25, 0.3) is 0 Å². The van der Waals surface area contributed by atoms with Crippen LogP contribution in [0, 0.1) is 208 Å². The first-order valence-corrected chi connectivity index (χ1v) is 49.4. The summed E-state index contributed by atoms with van der Waals surface area (Å²) in [6.45, 7) is 101. The molecule has 0 atom stereocenters. The van der Waals surface area contributed by atoms with Crippen LogP contribution in [0.2, 0.25) is 0 Å². The van der Waals surface area contributed by atoms with Crippen molar-refractivity contribution >= 4 is 120 Å². The van der Waals surface area contributed by atoms with Gasteiger partial charge in [0.15, 0.2) is 11.5 Å². The summed E-state index contributed by atoms with van der Waals surface area (Å²) in [7, 11) is 4.32. The summed E-state index contributed by atoms with van der Waals surface area (Å²) >= 11 is 5.66. The first-order valence-electron chi connectivity index (χ1n) is 46.9. The SMILES string of the molecule is Cc1c(C)c(C)c2c(cc(C(C)C)n2C)c1C.Cc1c(C)c(C)c2c(nc(C(C)C)n2C)c1C.Cc1c(C)c(C)c2oc(C(C)C)cc2c1C.Cc1c(C)c(C)c2oc(C(C)C)nc2c1C.Cc1c(C)c(C)c2sc(C(C)C)cc2c1C.Cc1c(C)c(C)c2sc(C(C)C)nc2c1C.Cc1nc2oc(C(C)C)cc2c(C)c1C.Cc1nc2sc(C(C)C)cc2c(C)c1C. The van der Waals surface area contributed by atoms with Gasteiger partial charge in [0.1, 0.15) is 33.3 Å². The van der Waals surface area contributed by atoms with Gasteiger partial charge in [-0.1, -0.05) is 111 Å². The number of thiazole rings is 1. The van der Waals surface area contributed by atoms with Crippen molar-refractivity contribution in [2.75, 3.05) is 0 Å². The highest BCUT2D eigenvalue weighted by molar-refractivity contribution is 7.19. The van der Waals surface area contributed by atoms with Crippen molar-refractivity contribution in [2.24, 2.45) is 14.1 Å². The van der Waals surface area contributed by atoms with Crippen LogP contribution in [0.25, 0.3) is 85.6 Å². The summed E-state index contributed by atoms with van der Waals surface area (Å²) in [5.41, 5.74) is 51.0. The lowest BCUT2D eigenvalue weighted by molar-refractivity contribution is 0.500. The third-order valence-corrected chi connectivity index (χ3v) is 33.4. The Bertz CT molecular complexity index is 6050. The molecule has 6 aromatic carbocycles. The van der Waals surface area contributed by atoms with Crippen LogP contribution >= 0.6 is 34.0 Å². The van der Waals surface area contributed by atoms with Gasteiger partial charge in [0.05, 0.1) is 31.8 Å². The molecule has 10 nitrogen and oxygen atoms in total. The molecule has 0 aliphatic rings. The molecule has 10 heterocycles. The van der Waals surface area contributed by atoms with Crippen molar-refractivity contribution in [2.45, 2.75) is 366 Å². The number of furan rings is 2. The number of pyridine rings is 2. The van der Waals surface area contributed by atoms with Crippen LogP contribution < -0.4 is 0 Å². The molecule has 0 radical (unpaired) electrons. The van der Waals surface area contributed by atoms with Gasteiger partial charge >= 0.3 is 0 Å². The van der Waals surface area contributed by atoms with Gasteiger partial charge in [-0.05, 0) is 417 Å². The number of aromatic nitrogens is 7. The number of benzene rings is 6. The van der Waals surface area contributed by atoms with Gasteiger partial charge in [0.2, 0.25) is 5.71 Å². The Balaban J connectivity index is 0.000000165. The van der Waals surface area contributed by atoms with Crippen molar-refractivity contribution in [3.63, 3.8) is 0 Å². The molecule has 0 aliphatic carbocycles. The fourth-order valence-electron chi connectivity index (χ4n) is 17.4. The Hall–Kier alpha value is -9.01. The first-order chi connectivity index (χ1) is 59.4. The standard InChI is InChI=1S/C16H23N.C15H22N2.C15H20O.C15H20S.C14H19NO.C14H19NS.C13H17NO.C13H17NS/c1-9(2)15-8-14-12(5)10(3)11(4)13(6)16(14)17(15)7;1-8(2)15-16-13-11(5)9(3)10(4)12(6)14(13)17(15)7;2*1-8(2)14-7-13-11(5)9(3)10(4)12(6)15(13)16-14;2*1-7(2)14-15-12-10(5)8(3)9(4)11(6)13(12)16-14;2*1-7(2)12-6-11-9(4)8(3)10(5)14-13(11)15-12/h8-9H,1-7H3;8H,1-7H3;2*7-8H,1-6H3;2*7H,1-6H3;2*6-7H,1-5H3. The normalized spacial score (nSPS) is 11.7. The molecule has 688 valence electrons. The van der Waals surface area contributed by atoms with E-state index < -0.39 is 0 Å². The lowest BCUT2D eigenvalue weighted by Crippen LogP contribution is -2.01. The maximum Gasteiger partial charge on any atom is 0.226 e. The van der Waals surface area contributed by atoms with Crippen molar-refractivity contribution in [1.29, 1.82) is 0 Å². The number of nitrogens with zero attached hydrogens (tertiary/aromatic N) is 7. The second-order valence-electron chi connectivity index (χ2n) is 39.7. The van der Waals surface area contributed by atoms with E-state index in [0.29, 0.717) is 47.3 Å². The van der Waals surface area contributed by atoms with Gasteiger partial charge in [-0.25, -0.2) is 24.9 Å². The van der Waals surface area contributed by atoms with Crippen molar-refractivity contribution in [3.8, 4) is 0 Å². The fourth-order valence-corrected chi connectivity index (χ4v) is 21.0. The minimum absolute atomic E-state index is 0.340. The predicted molar refractivity (Wildman–Crippen MR) is 564 cm³/mol. The molecule has 16 rings (SSSR count). The number of imidazole rings is 1. The van der Waals surface area contributed by atoms with E-state index in [1.165, 1.54) is 240 Å². The van der Waals surface area contributed by atoms with E-state index in [2.05, 4.69) is 380 Å². The second kappa shape index (κ2) is 40.8. The molecule has 0 unspecified atom stereocenters. The number of fused-ring (bicyclic) bond motifs is 8. The predicted octanol–water partition coefficient (Wildman–Crippen LogP) is 35.6. The van der Waals surface area contributed by atoms with Gasteiger partial charge in [0, 0.05) is 96.8 Å². The number of thiophene rings is 2. The quantitative estimate of drug-likeness (QED) is 0.148. The highest BCUT2D eigenvalue weighted by atomic mass is 32.1. The Morgan fingerprint density at radius 1 is 0.250 bits per heavy atom. The van der Waals surface area contributed by atoms with Gasteiger partial charge < -0.3 is 22.4 Å². The van der Waals surface area contributed by atoms with Crippen molar-refractivity contribution < 1.29 is 13.3 Å². The van der Waals surface area contributed by atoms with Gasteiger partial charge in [-0.3, -0.25) is 0 Å². The minimum atomic E-state index is 0.340. The Morgan fingerprint density at radius 2 is 0.656 bits per heavy atom. The maximum atomic E-state index is 5.98. The smallest absolute Gasteiger partial charge is 0.226 e. The van der Waals surface area contributed by atoms with Crippen LogP contribution in [0.15, 0.2) is 43.6 Å².